The molecule has 0 aromatic carbocycles. The summed E-state index contributed by atoms with van der Waals surface area (Å²) in [5.41, 5.74) is -1.21. The van der Waals surface area contributed by atoms with E-state index in [1.54, 1.807) is 17.9 Å². The van der Waals surface area contributed by atoms with E-state index in [4.69, 9.17) is 5.11 Å². The van der Waals surface area contributed by atoms with Gasteiger partial charge in [0.05, 0.1) is 0 Å². The molecule has 1 N–H and O–H groups in total. The van der Waals surface area contributed by atoms with Gasteiger partial charge in [-0.2, -0.15) is 0 Å². The predicted molar refractivity (Wildman–Crippen MR) is 66.9 cm³/mol. The van der Waals surface area contributed by atoms with Crippen molar-refractivity contribution in [1.29, 1.82) is 0 Å². The maximum Gasteiger partial charge on any atom is 0.329 e. The zero-order valence-corrected chi connectivity index (χ0v) is 11.1. The first-order valence-electron chi connectivity index (χ1n) is 5.73. The van der Waals surface area contributed by atoms with Crippen molar-refractivity contribution < 1.29 is 14.7 Å². The Morgan fingerprint density at radius 2 is 1.82 bits per heavy atom. The quantitative estimate of drug-likeness (QED) is 0.722. The summed E-state index contributed by atoms with van der Waals surface area (Å²) in [4.78, 5) is 26.3. The highest BCUT2D eigenvalue weighted by Gasteiger charge is 2.38. The Balaban J connectivity index is 5.05. The molecule has 0 atom stereocenters. The van der Waals surface area contributed by atoms with Crippen molar-refractivity contribution in [2.24, 2.45) is 0 Å². The molecule has 0 bridgehead atoms. The van der Waals surface area contributed by atoms with Gasteiger partial charge in [-0.3, -0.25) is 0 Å². The third kappa shape index (κ3) is 3.47. The molecule has 0 saturated carbocycles. The SMILES string of the molecule is C=CCN(CC)C(=O)N(CC)C(C)(C)C(=O)O. The first-order valence-corrected chi connectivity index (χ1v) is 5.73. The van der Waals surface area contributed by atoms with Crippen LogP contribution in [-0.2, 0) is 4.79 Å². The van der Waals surface area contributed by atoms with Crippen LogP contribution in [0.15, 0.2) is 12.7 Å². The Labute approximate surface area is 103 Å². The van der Waals surface area contributed by atoms with E-state index in [2.05, 4.69) is 6.58 Å². The van der Waals surface area contributed by atoms with E-state index in [1.807, 2.05) is 6.92 Å². The maximum absolute atomic E-state index is 12.2. The molecule has 2 amide bonds. The molecular weight excluding hydrogens is 220 g/mol. The van der Waals surface area contributed by atoms with E-state index in [1.165, 1.54) is 18.7 Å². The van der Waals surface area contributed by atoms with Crippen LogP contribution >= 0.6 is 0 Å². The number of urea groups is 1. The van der Waals surface area contributed by atoms with E-state index < -0.39 is 11.5 Å². The van der Waals surface area contributed by atoms with Gasteiger partial charge in [0.15, 0.2) is 0 Å². The zero-order chi connectivity index (χ0) is 13.6. The van der Waals surface area contributed by atoms with E-state index in [-0.39, 0.29) is 6.03 Å². The van der Waals surface area contributed by atoms with Crippen LogP contribution in [0.3, 0.4) is 0 Å². The summed E-state index contributed by atoms with van der Waals surface area (Å²) in [6.45, 7) is 11.6. The lowest BCUT2D eigenvalue weighted by molar-refractivity contribution is -0.147. The Morgan fingerprint density at radius 1 is 1.29 bits per heavy atom. The number of likely N-dealkylation sites (N-methyl/N-ethyl adjacent to an activating group) is 2. The summed E-state index contributed by atoms with van der Waals surface area (Å²) in [6, 6.07) is -0.276. The fourth-order valence-corrected chi connectivity index (χ4v) is 1.55. The number of carbonyl (C=O) groups is 2. The van der Waals surface area contributed by atoms with Crippen LogP contribution in [0.1, 0.15) is 27.7 Å². The highest BCUT2D eigenvalue weighted by atomic mass is 16.4. The van der Waals surface area contributed by atoms with E-state index in [9.17, 15) is 9.59 Å². The lowest BCUT2D eigenvalue weighted by atomic mass is 10.0. The van der Waals surface area contributed by atoms with Gasteiger partial charge in [0.1, 0.15) is 5.54 Å². The van der Waals surface area contributed by atoms with Crippen molar-refractivity contribution in [3.63, 3.8) is 0 Å². The average Bonchev–Trinajstić information content (AvgIpc) is 2.25. The molecule has 0 fully saturated rings. The van der Waals surface area contributed by atoms with Crippen LogP contribution in [0.25, 0.3) is 0 Å². The topological polar surface area (TPSA) is 60.9 Å². The lowest BCUT2D eigenvalue weighted by Gasteiger charge is -2.37. The van der Waals surface area contributed by atoms with E-state index >= 15 is 0 Å². The third-order valence-corrected chi connectivity index (χ3v) is 2.75. The third-order valence-electron chi connectivity index (χ3n) is 2.75. The van der Waals surface area contributed by atoms with Crippen molar-refractivity contribution in [2.45, 2.75) is 33.2 Å². The van der Waals surface area contributed by atoms with Crippen LogP contribution < -0.4 is 0 Å². The molecule has 98 valence electrons. The molecule has 0 aromatic rings. The predicted octanol–water partition coefficient (Wildman–Crippen LogP) is 1.80. The van der Waals surface area contributed by atoms with Gasteiger partial charge in [0.25, 0.3) is 0 Å². The van der Waals surface area contributed by atoms with Crippen LogP contribution in [-0.4, -0.2) is 52.1 Å². The average molecular weight is 242 g/mol. The minimum atomic E-state index is -1.21. The molecule has 0 rings (SSSR count). The van der Waals surface area contributed by atoms with Gasteiger partial charge in [-0.1, -0.05) is 6.08 Å². The van der Waals surface area contributed by atoms with Gasteiger partial charge in [0.2, 0.25) is 0 Å². The van der Waals surface area contributed by atoms with Crippen molar-refractivity contribution in [3.8, 4) is 0 Å². The number of hydrogen-bond donors (Lipinski definition) is 1. The number of nitrogens with zero attached hydrogens (tertiary/aromatic N) is 2. The molecule has 0 unspecified atom stereocenters. The molecule has 0 spiro atoms. The molecule has 5 nitrogen and oxygen atoms in total. The minimum absolute atomic E-state index is 0.276. The highest BCUT2D eigenvalue weighted by molar-refractivity contribution is 5.85. The summed E-state index contributed by atoms with van der Waals surface area (Å²) < 4.78 is 0. The van der Waals surface area contributed by atoms with Crippen molar-refractivity contribution in [3.05, 3.63) is 12.7 Å². The van der Waals surface area contributed by atoms with Gasteiger partial charge in [0, 0.05) is 19.6 Å². The second kappa shape index (κ2) is 6.27. The number of carboxylic acids is 1. The molecule has 0 aliphatic heterocycles. The van der Waals surface area contributed by atoms with Gasteiger partial charge < -0.3 is 14.9 Å². The summed E-state index contributed by atoms with van der Waals surface area (Å²) in [7, 11) is 0. The molecule has 0 aliphatic carbocycles. The highest BCUT2D eigenvalue weighted by Crippen LogP contribution is 2.16. The van der Waals surface area contributed by atoms with Crippen molar-refractivity contribution in [1.82, 2.24) is 9.80 Å². The summed E-state index contributed by atoms with van der Waals surface area (Å²) in [5, 5.41) is 9.14. The Kier molecular flexibility index (Phi) is 5.71. The Bertz CT molecular complexity index is 300. The molecule has 0 aliphatic rings. The summed E-state index contributed by atoms with van der Waals surface area (Å²) in [5.74, 6) is -1.01. The van der Waals surface area contributed by atoms with Crippen molar-refractivity contribution in [2.75, 3.05) is 19.6 Å². The van der Waals surface area contributed by atoms with Crippen LogP contribution in [0.4, 0.5) is 4.79 Å². The normalized spacial score (nSPS) is 10.8. The summed E-state index contributed by atoms with van der Waals surface area (Å²) in [6.07, 6.45) is 1.63. The van der Waals surface area contributed by atoms with Gasteiger partial charge in [-0.15, -0.1) is 6.58 Å². The monoisotopic (exact) mass is 242 g/mol. The minimum Gasteiger partial charge on any atom is -0.480 e. The van der Waals surface area contributed by atoms with E-state index in [0.717, 1.165) is 0 Å². The molecule has 0 heterocycles. The zero-order valence-electron chi connectivity index (χ0n) is 11.1. The fraction of sp³-hybridized carbons (Fsp3) is 0.667. The lowest BCUT2D eigenvalue weighted by Crippen LogP contribution is -2.56. The van der Waals surface area contributed by atoms with Crippen LogP contribution in [0, 0.1) is 0 Å². The maximum atomic E-state index is 12.2. The first kappa shape index (κ1) is 15.5. The standard InChI is InChI=1S/C12H22N2O3/c1-6-9-13(7-2)11(17)14(8-3)12(4,5)10(15)16/h6H,1,7-9H2,2-5H3,(H,15,16). The number of rotatable bonds is 6. The smallest absolute Gasteiger partial charge is 0.329 e. The molecule has 17 heavy (non-hydrogen) atoms. The van der Waals surface area contributed by atoms with Crippen molar-refractivity contribution >= 4 is 12.0 Å². The molecule has 0 radical (unpaired) electrons. The molecule has 0 saturated heterocycles. The largest absolute Gasteiger partial charge is 0.480 e. The fourth-order valence-electron chi connectivity index (χ4n) is 1.55. The molecule has 5 heteroatoms. The molecular formula is C12H22N2O3. The second-order valence-electron chi connectivity index (χ2n) is 4.22. The number of hydrogen-bond acceptors (Lipinski definition) is 2. The number of carboxylic acid groups (broad SMARTS) is 1. The summed E-state index contributed by atoms with van der Waals surface area (Å²) >= 11 is 0. The Hall–Kier alpha value is -1.52. The number of amides is 2. The first-order chi connectivity index (χ1) is 7.82. The van der Waals surface area contributed by atoms with Crippen LogP contribution in [0.2, 0.25) is 0 Å². The second-order valence-corrected chi connectivity index (χ2v) is 4.22. The number of carbonyl (C=O) groups excluding carboxylic acids is 1. The number of aliphatic carboxylic acids is 1. The van der Waals surface area contributed by atoms with Gasteiger partial charge in [-0.05, 0) is 27.7 Å². The molecule has 0 aromatic heterocycles. The Morgan fingerprint density at radius 3 is 2.12 bits per heavy atom. The van der Waals surface area contributed by atoms with Gasteiger partial charge in [-0.25, -0.2) is 9.59 Å². The van der Waals surface area contributed by atoms with E-state index in [0.29, 0.717) is 19.6 Å². The van der Waals surface area contributed by atoms with Crippen LogP contribution in [0.5, 0.6) is 0 Å². The van der Waals surface area contributed by atoms with Gasteiger partial charge >= 0.3 is 12.0 Å².